The van der Waals surface area contributed by atoms with Gasteiger partial charge in [-0.2, -0.15) is 0 Å². The van der Waals surface area contributed by atoms with E-state index in [0.717, 1.165) is 29.5 Å². The van der Waals surface area contributed by atoms with Crippen molar-refractivity contribution in [2.24, 2.45) is 0 Å². The number of anilines is 1. The SMILES string of the molecule is COc1ccc(CNc2c(-c3cccs3)nc3ccc(C)cn23)cc1. The molecule has 0 spiro atoms. The maximum absolute atomic E-state index is 5.23. The fraction of sp³-hybridized carbons (Fsp3) is 0.150. The lowest BCUT2D eigenvalue weighted by Gasteiger charge is -2.09. The minimum Gasteiger partial charge on any atom is -0.497 e. The van der Waals surface area contributed by atoms with E-state index in [9.17, 15) is 0 Å². The Bertz CT molecular complexity index is 988. The first-order valence-electron chi connectivity index (χ1n) is 8.14. The Labute approximate surface area is 150 Å². The Morgan fingerprint density at radius 1 is 1.12 bits per heavy atom. The second kappa shape index (κ2) is 6.61. The number of nitrogens with zero attached hydrogens (tertiary/aromatic N) is 2. The van der Waals surface area contributed by atoms with Crippen molar-refractivity contribution >= 4 is 22.8 Å². The lowest BCUT2D eigenvalue weighted by Crippen LogP contribution is -2.03. The predicted octanol–water partition coefficient (Wildman–Crippen LogP) is 4.99. The molecule has 3 aromatic heterocycles. The molecule has 0 aliphatic carbocycles. The van der Waals surface area contributed by atoms with Crippen molar-refractivity contribution in [2.45, 2.75) is 13.5 Å². The van der Waals surface area contributed by atoms with Crippen molar-refractivity contribution in [3.05, 3.63) is 71.2 Å². The number of hydrogen-bond acceptors (Lipinski definition) is 4. The van der Waals surface area contributed by atoms with Crippen LogP contribution in [-0.2, 0) is 6.54 Å². The minimum absolute atomic E-state index is 0.726. The number of pyridine rings is 1. The zero-order valence-corrected chi connectivity index (χ0v) is 15.0. The summed E-state index contributed by atoms with van der Waals surface area (Å²) in [7, 11) is 1.68. The van der Waals surface area contributed by atoms with E-state index >= 15 is 0 Å². The number of imidazole rings is 1. The zero-order valence-electron chi connectivity index (χ0n) is 14.2. The molecular formula is C20H19N3OS. The molecule has 0 aliphatic heterocycles. The van der Waals surface area contributed by atoms with Gasteiger partial charge in [-0.05, 0) is 47.7 Å². The summed E-state index contributed by atoms with van der Waals surface area (Å²) in [5.74, 6) is 1.89. The molecule has 1 aromatic carbocycles. The normalized spacial score (nSPS) is 11.0. The van der Waals surface area contributed by atoms with Crippen LogP contribution in [0.5, 0.6) is 5.75 Å². The number of benzene rings is 1. The van der Waals surface area contributed by atoms with E-state index < -0.39 is 0 Å². The van der Waals surface area contributed by atoms with Crippen LogP contribution in [0.4, 0.5) is 5.82 Å². The molecule has 0 saturated heterocycles. The molecule has 0 atom stereocenters. The number of nitrogens with one attached hydrogen (secondary N) is 1. The molecule has 126 valence electrons. The molecule has 0 radical (unpaired) electrons. The third kappa shape index (κ3) is 3.10. The van der Waals surface area contributed by atoms with Gasteiger partial charge in [0, 0.05) is 12.7 Å². The number of fused-ring (bicyclic) bond motifs is 1. The summed E-state index contributed by atoms with van der Waals surface area (Å²) in [5, 5.41) is 5.65. The summed E-state index contributed by atoms with van der Waals surface area (Å²) in [4.78, 5) is 5.99. The average Bonchev–Trinajstić information content (AvgIpc) is 3.28. The summed E-state index contributed by atoms with van der Waals surface area (Å²) < 4.78 is 7.36. The van der Waals surface area contributed by atoms with Crippen molar-refractivity contribution in [3.8, 4) is 16.3 Å². The van der Waals surface area contributed by atoms with E-state index in [4.69, 9.17) is 9.72 Å². The van der Waals surface area contributed by atoms with Crippen molar-refractivity contribution in [2.75, 3.05) is 12.4 Å². The van der Waals surface area contributed by atoms with Crippen molar-refractivity contribution in [1.29, 1.82) is 0 Å². The summed E-state index contributed by atoms with van der Waals surface area (Å²) >= 11 is 1.70. The maximum Gasteiger partial charge on any atom is 0.139 e. The van der Waals surface area contributed by atoms with Crippen LogP contribution in [0.1, 0.15) is 11.1 Å². The van der Waals surface area contributed by atoms with Crippen LogP contribution in [0.25, 0.3) is 16.2 Å². The number of hydrogen-bond donors (Lipinski definition) is 1. The van der Waals surface area contributed by atoms with Gasteiger partial charge in [-0.15, -0.1) is 11.3 Å². The van der Waals surface area contributed by atoms with E-state index in [0.29, 0.717) is 0 Å². The molecule has 5 heteroatoms. The molecule has 25 heavy (non-hydrogen) atoms. The highest BCUT2D eigenvalue weighted by Crippen LogP contribution is 2.32. The minimum atomic E-state index is 0.726. The van der Waals surface area contributed by atoms with E-state index in [1.54, 1.807) is 18.4 Å². The number of rotatable bonds is 5. The van der Waals surface area contributed by atoms with Crippen molar-refractivity contribution < 1.29 is 4.74 Å². The van der Waals surface area contributed by atoms with Gasteiger partial charge in [-0.3, -0.25) is 4.40 Å². The van der Waals surface area contributed by atoms with Crippen LogP contribution in [0.15, 0.2) is 60.1 Å². The molecule has 4 rings (SSSR count). The lowest BCUT2D eigenvalue weighted by atomic mass is 10.2. The van der Waals surface area contributed by atoms with Crippen LogP contribution in [0, 0.1) is 6.92 Å². The van der Waals surface area contributed by atoms with Gasteiger partial charge >= 0.3 is 0 Å². The molecule has 0 fully saturated rings. The summed E-state index contributed by atoms with van der Waals surface area (Å²) in [6.07, 6.45) is 2.12. The second-order valence-corrected chi connectivity index (χ2v) is 6.87. The highest BCUT2D eigenvalue weighted by molar-refractivity contribution is 7.13. The van der Waals surface area contributed by atoms with Crippen molar-refractivity contribution in [3.63, 3.8) is 0 Å². The van der Waals surface area contributed by atoms with Crippen LogP contribution < -0.4 is 10.1 Å². The second-order valence-electron chi connectivity index (χ2n) is 5.92. The summed E-state index contributed by atoms with van der Waals surface area (Å²) in [6.45, 7) is 2.82. The van der Waals surface area contributed by atoms with Crippen LogP contribution >= 0.6 is 11.3 Å². The number of aromatic nitrogens is 2. The Hall–Kier alpha value is -2.79. The first kappa shape index (κ1) is 15.7. The lowest BCUT2D eigenvalue weighted by molar-refractivity contribution is 0.414. The van der Waals surface area contributed by atoms with E-state index in [2.05, 4.69) is 64.6 Å². The third-order valence-electron chi connectivity index (χ3n) is 4.14. The van der Waals surface area contributed by atoms with E-state index in [1.165, 1.54) is 16.0 Å². The monoisotopic (exact) mass is 349 g/mol. The van der Waals surface area contributed by atoms with Gasteiger partial charge in [-0.25, -0.2) is 4.98 Å². The zero-order chi connectivity index (χ0) is 17.2. The average molecular weight is 349 g/mol. The molecule has 0 saturated carbocycles. The first-order valence-corrected chi connectivity index (χ1v) is 9.02. The molecule has 4 nitrogen and oxygen atoms in total. The Kier molecular flexibility index (Phi) is 4.15. The Morgan fingerprint density at radius 3 is 2.68 bits per heavy atom. The highest BCUT2D eigenvalue weighted by atomic mass is 32.1. The molecule has 1 N–H and O–H groups in total. The molecule has 0 amide bonds. The van der Waals surface area contributed by atoms with Gasteiger partial charge in [0.05, 0.1) is 12.0 Å². The molecular weight excluding hydrogens is 330 g/mol. The Morgan fingerprint density at radius 2 is 1.96 bits per heavy atom. The molecule has 3 heterocycles. The number of aryl methyl sites for hydroxylation is 1. The number of methoxy groups -OCH3 is 1. The molecule has 0 aliphatic rings. The summed E-state index contributed by atoms with van der Waals surface area (Å²) in [5.41, 5.74) is 4.34. The maximum atomic E-state index is 5.23. The van der Waals surface area contributed by atoms with E-state index in [1.807, 2.05) is 12.1 Å². The smallest absolute Gasteiger partial charge is 0.139 e. The first-order chi connectivity index (χ1) is 12.2. The van der Waals surface area contributed by atoms with E-state index in [-0.39, 0.29) is 0 Å². The van der Waals surface area contributed by atoms with Gasteiger partial charge in [0.1, 0.15) is 22.9 Å². The van der Waals surface area contributed by atoms with Gasteiger partial charge in [0.25, 0.3) is 0 Å². The topological polar surface area (TPSA) is 38.6 Å². The standard InChI is InChI=1S/C20H19N3OS/c1-14-5-10-18-22-19(17-4-3-11-25-17)20(23(18)13-14)21-12-15-6-8-16(24-2)9-7-15/h3-11,13,21H,12H2,1-2H3. The van der Waals surface area contributed by atoms with Crippen LogP contribution in [0.3, 0.4) is 0 Å². The van der Waals surface area contributed by atoms with Gasteiger partial charge < -0.3 is 10.1 Å². The number of thiophene rings is 1. The fourth-order valence-electron chi connectivity index (χ4n) is 2.83. The molecule has 4 aromatic rings. The third-order valence-corrected chi connectivity index (χ3v) is 5.02. The van der Waals surface area contributed by atoms with Gasteiger partial charge in [0.15, 0.2) is 0 Å². The highest BCUT2D eigenvalue weighted by Gasteiger charge is 2.14. The van der Waals surface area contributed by atoms with Gasteiger partial charge in [0.2, 0.25) is 0 Å². The Balaban J connectivity index is 1.71. The largest absolute Gasteiger partial charge is 0.497 e. The molecule has 0 unspecified atom stereocenters. The van der Waals surface area contributed by atoms with Gasteiger partial charge in [-0.1, -0.05) is 24.3 Å². The summed E-state index contributed by atoms with van der Waals surface area (Å²) in [6, 6.07) is 16.4. The number of ether oxygens (including phenoxy) is 1. The van der Waals surface area contributed by atoms with Crippen LogP contribution in [0.2, 0.25) is 0 Å². The quantitative estimate of drug-likeness (QED) is 0.551. The van der Waals surface area contributed by atoms with Crippen LogP contribution in [-0.4, -0.2) is 16.5 Å². The fourth-order valence-corrected chi connectivity index (χ4v) is 3.55. The molecule has 0 bridgehead atoms. The predicted molar refractivity (Wildman–Crippen MR) is 104 cm³/mol. The van der Waals surface area contributed by atoms with Crippen molar-refractivity contribution in [1.82, 2.24) is 9.38 Å².